The zero-order valence-electron chi connectivity index (χ0n) is 13.3. The van der Waals surface area contributed by atoms with Crippen LogP contribution in [-0.2, 0) is 18.3 Å². The van der Waals surface area contributed by atoms with E-state index in [2.05, 4.69) is 32.7 Å². The molecule has 0 aliphatic carbocycles. The number of guanidine groups is 1. The van der Waals surface area contributed by atoms with Crippen molar-refractivity contribution in [2.24, 2.45) is 12.0 Å². The summed E-state index contributed by atoms with van der Waals surface area (Å²) in [5, 5.41) is 10.7. The van der Waals surface area contributed by atoms with Gasteiger partial charge in [-0.3, -0.25) is 9.67 Å². The highest BCUT2D eigenvalue weighted by molar-refractivity contribution is 14.0. The Morgan fingerprint density at radius 3 is 2.76 bits per heavy atom. The lowest BCUT2D eigenvalue weighted by molar-refractivity contribution is 0.162. The highest BCUT2D eigenvalue weighted by Crippen LogP contribution is 1.94. The molecule has 0 bridgehead atoms. The molecule has 0 aromatic carbocycles. The van der Waals surface area contributed by atoms with Crippen molar-refractivity contribution >= 4 is 29.9 Å². The molecule has 2 N–H and O–H groups in total. The molecular formula is C13H27IN6O. The first-order valence-electron chi connectivity index (χ1n) is 6.76. The second kappa shape index (κ2) is 11.8. The minimum absolute atomic E-state index is 0. The monoisotopic (exact) mass is 410 g/mol. The summed E-state index contributed by atoms with van der Waals surface area (Å²) in [4.78, 5) is 6.41. The minimum atomic E-state index is 0. The Bertz CT molecular complexity index is 409. The molecule has 1 rings (SSSR count). The average molecular weight is 410 g/mol. The highest BCUT2D eigenvalue weighted by Gasteiger charge is 2.02. The Morgan fingerprint density at radius 2 is 2.19 bits per heavy atom. The van der Waals surface area contributed by atoms with Crippen LogP contribution in [0.4, 0.5) is 0 Å². The van der Waals surface area contributed by atoms with E-state index in [1.165, 1.54) is 0 Å². The molecular weight excluding hydrogens is 383 g/mol. The number of methoxy groups -OCH3 is 1. The quantitative estimate of drug-likeness (QED) is 0.366. The van der Waals surface area contributed by atoms with Crippen molar-refractivity contribution in [3.05, 3.63) is 18.0 Å². The van der Waals surface area contributed by atoms with Crippen molar-refractivity contribution in [2.45, 2.75) is 6.54 Å². The molecule has 0 aliphatic rings. The number of nitrogens with zero attached hydrogens (tertiary/aromatic N) is 4. The molecule has 0 radical (unpaired) electrons. The first-order chi connectivity index (χ1) is 9.67. The molecule has 0 saturated heterocycles. The van der Waals surface area contributed by atoms with Gasteiger partial charge < -0.3 is 20.3 Å². The number of aromatic nitrogens is 2. The summed E-state index contributed by atoms with van der Waals surface area (Å²) in [7, 11) is 7.49. The predicted molar refractivity (Wildman–Crippen MR) is 96.2 cm³/mol. The van der Waals surface area contributed by atoms with Crippen molar-refractivity contribution < 1.29 is 4.74 Å². The molecule has 0 fully saturated rings. The third-order valence-electron chi connectivity index (χ3n) is 3.05. The highest BCUT2D eigenvalue weighted by atomic mass is 127. The number of halogens is 1. The van der Waals surface area contributed by atoms with Crippen molar-refractivity contribution in [1.29, 1.82) is 0 Å². The van der Waals surface area contributed by atoms with Crippen LogP contribution in [0.25, 0.3) is 0 Å². The van der Waals surface area contributed by atoms with Crippen molar-refractivity contribution in [2.75, 3.05) is 47.4 Å². The summed E-state index contributed by atoms with van der Waals surface area (Å²) >= 11 is 0. The third-order valence-corrected chi connectivity index (χ3v) is 3.05. The smallest absolute Gasteiger partial charge is 0.191 e. The lowest BCUT2D eigenvalue weighted by Crippen LogP contribution is -2.41. The molecule has 0 saturated carbocycles. The van der Waals surface area contributed by atoms with E-state index in [9.17, 15) is 0 Å². The zero-order valence-corrected chi connectivity index (χ0v) is 15.6. The largest absolute Gasteiger partial charge is 0.383 e. The molecule has 0 unspecified atom stereocenters. The number of hydrogen-bond donors (Lipinski definition) is 2. The molecule has 0 atom stereocenters. The fourth-order valence-electron chi connectivity index (χ4n) is 1.69. The van der Waals surface area contributed by atoms with Crippen molar-refractivity contribution in [3.63, 3.8) is 0 Å². The van der Waals surface area contributed by atoms with Gasteiger partial charge in [0, 0.05) is 47.0 Å². The number of aliphatic imine (C=N–C) groups is 1. The first kappa shape index (κ1) is 20.1. The van der Waals surface area contributed by atoms with Gasteiger partial charge in [-0.25, -0.2) is 0 Å². The predicted octanol–water partition coefficient (Wildman–Crippen LogP) is 0.281. The van der Waals surface area contributed by atoms with Gasteiger partial charge >= 0.3 is 0 Å². The van der Waals surface area contributed by atoms with E-state index >= 15 is 0 Å². The lowest BCUT2D eigenvalue weighted by atomic mass is 10.4. The van der Waals surface area contributed by atoms with Gasteiger partial charge in [0.1, 0.15) is 0 Å². The van der Waals surface area contributed by atoms with Gasteiger partial charge in [0.05, 0.1) is 18.8 Å². The van der Waals surface area contributed by atoms with Gasteiger partial charge in [0.2, 0.25) is 0 Å². The fourth-order valence-corrected chi connectivity index (χ4v) is 1.69. The van der Waals surface area contributed by atoms with Gasteiger partial charge in [-0.05, 0) is 13.1 Å². The van der Waals surface area contributed by atoms with Crippen LogP contribution in [0.3, 0.4) is 0 Å². The summed E-state index contributed by atoms with van der Waals surface area (Å²) in [5.41, 5.74) is 1.12. The number of likely N-dealkylation sites (N-methyl/N-ethyl adjacent to an activating group) is 1. The van der Waals surface area contributed by atoms with Crippen LogP contribution >= 0.6 is 24.0 Å². The van der Waals surface area contributed by atoms with Crippen LogP contribution in [-0.4, -0.2) is 68.1 Å². The minimum Gasteiger partial charge on any atom is -0.383 e. The summed E-state index contributed by atoms with van der Waals surface area (Å²) < 4.78 is 6.89. The van der Waals surface area contributed by atoms with Crippen LogP contribution in [0.5, 0.6) is 0 Å². The van der Waals surface area contributed by atoms with E-state index in [0.717, 1.165) is 37.9 Å². The fraction of sp³-hybridized carbons (Fsp3) is 0.692. The van der Waals surface area contributed by atoms with E-state index in [1.54, 1.807) is 20.4 Å². The van der Waals surface area contributed by atoms with E-state index in [4.69, 9.17) is 4.74 Å². The van der Waals surface area contributed by atoms with Crippen LogP contribution in [0.1, 0.15) is 5.69 Å². The maximum atomic E-state index is 5.05. The zero-order chi connectivity index (χ0) is 14.8. The molecule has 1 heterocycles. The Hall–Kier alpha value is -0.870. The summed E-state index contributed by atoms with van der Waals surface area (Å²) in [5.74, 6) is 0.798. The normalized spacial score (nSPS) is 11.4. The number of rotatable bonds is 8. The van der Waals surface area contributed by atoms with Crippen molar-refractivity contribution in [3.8, 4) is 0 Å². The molecule has 0 aliphatic heterocycles. The molecule has 21 heavy (non-hydrogen) atoms. The lowest BCUT2D eigenvalue weighted by Gasteiger charge is -2.17. The summed E-state index contributed by atoms with van der Waals surface area (Å²) in [6, 6.07) is 1.98. The Morgan fingerprint density at radius 1 is 1.43 bits per heavy atom. The van der Waals surface area contributed by atoms with Gasteiger partial charge in [-0.15, -0.1) is 24.0 Å². The third kappa shape index (κ3) is 8.22. The second-order valence-corrected chi connectivity index (χ2v) is 4.59. The van der Waals surface area contributed by atoms with Gasteiger partial charge in [-0.2, -0.15) is 5.10 Å². The summed E-state index contributed by atoms with van der Waals surface area (Å²) in [6.07, 6.45) is 1.79. The van der Waals surface area contributed by atoms with Gasteiger partial charge in [0.25, 0.3) is 0 Å². The van der Waals surface area contributed by atoms with E-state index in [1.807, 2.05) is 17.8 Å². The van der Waals surface area contributed by atoms with Crippen LogP contribution < -0.4 is 10.6 Å². The summed E-state index contributed by atoms with van der Waals surface area (Å²) in [6.45, 7) is 4.17. The Balaban J connectivity index is 0.00000400. The van der Waals surface area contributed by atoms with E-state index in [-0.39, 0.29) is 24.0 Å². The van der Waals surface area contributed by atoms with Crippen LogP contribution in [0.15, 0.2) is 17.3 Å². The number of aryl methyl sites for hydroxylation is 1. The Labute approximate surface area is 144 Å². The molecule has 0 spiro atoms. The van der Waals surface area contributed by atoms with E-state index in [0.29, 0.717) is 6.54 Å². The van der Waals surface area contributed by atoms with Gasteiger partial charge in [-0.1, -0.05) is 0 Å². The van der Waals surface area contributed by atoms with E-state index < -0.39 is 0 Å². The van der Waals surface area contributed by atoms with Crippen molar-refractivity contribution in [1.82, 2.24) is 25.3 Å². The molecule has 0 amide bonds. The average Bonchev–Trinajstić information content (AvgIpc) is 2.85. The first-order valence-corrected chi connectivity index (χ1v) is 6.76. The van der Waals surface area contributed by atoms with Crippen LogP contribution in [0, 0.1) is 0 Å². The Kier molecular flexibility index (Phi) is 11.3. The number of ether oxygens (including phenoxy) is 1. The maximum absolute atomic E-state index is 5.05. The van der Waals surface area contributed by atoms with Crippen LogP contribution in [0.2, 0.25) is 0 Å². The molecule has 1 aromatic rings. The molecule has 1 aromatic heterocycles. The number of nitrogens with one attached hydrogen (secondary N) is 2. The second-order valence-electron chi connectivity index (χ2n) is 4.59. The molecule has 8 heteroatoms. The SMILES string of the molecule is CN=C(NCCN(C)CCOC)NCc1ccnn1C.I. The standard InChI is InChI=1S/C13H26N6O.HI/c1-14-13(15-7-8-18(2)9-10-20-4)16-11-12-5-6-17-19(12)3;/h5-6H,7-11H2,1-4H3,(H2,14,15,16);1H. The molecule has 122 valence electrons. The van der Waals surface area contributed by atoms with Gasteiger partial charge in [0.15, 0.2) is 5.96 Å². The maximum Gasteiger partial charge on any atom is 0.191 e. The molecule has 7 nitrogen and oxygen atoms in total. The number of hydrogen-bond acceptors (Lipinski definition) is 4. The topological polar surface area (TPSA) is 66.7 Å².